The van der Waals surface area contributed by atoms with Crippen LogP contribution in [0.15, 0.2) is 42.6 Å². The molecule has 3 heterocycles. The molecule has 4 rings (SSSR count). The third kappa shape index (κ3) is 2.26. The van der Waals surface area contributed by atoms with Crippen LogP contribution in [0.2, 0.25) is 5.15 Å². The number of aryl methyl sites for hydroxylation is 1. The van der Waals surface area contributed by atoms with E-state index in [9.17, 15) is 9.50 Å². The van der Waals surface area contributed by atoms with Crippen LogP contribution in [0, 0.1) is 12.7 Å². The number of rotatable bonds is 1. The minimum Gasteiger partial charge on any atom is -0.870 e. The number of benzene rings is 1. The van der Waals surface area contributed by atoms with Crippen LogP contribution in [0.3, 0.4) is 0 Å². The Labute approximate surface area is 140 Å². The van der Waals surface area contributed by atoms with Gasteiger partial charge in [-0.25, -0.2) is 9.37 Å². The Hall–Kier alpha value is -2.77. The van der Waals surface area contributed by atoms with Gasteiger partial charge in [-0.3, -0.25) is 0 Å². The van der Waals surface area contributed by atoms with Gasteiger partial charge in [0, 0.05) is 10.9 Å². The summed E-state index contributed by atoms with van der Waals surface area (Å²) in [5.74, 6) is -0.492. The summed E-state index contributed by atoms with van der Waals surface area (Å²) in [7, 11) is 0. The van der Waals surface area contributed by atoms with Crippen molar-refractivity contribution < 1.29 is 19.5 Å². The van der Waals surface area contributed by atoms with Gasteiger partial charge < -0.3 is 10.6 Å². The van der Waals surface area contributed by atoms with Crippen molar-refractivity contribution in [2.45, 2.75) is 6.92 Å². The van der Waals surface area contributed by atoms with Crippen molar-refractivity contribution in [3.05, 3.63) is 59.1 Å². The molecule has 8 heteroatoms. The lowest BCUT2D eigenvalue weighted by Gasteiger charge is -1.98. The van der Waals surface area contributed by atoms with E-state index in [1.54, 1.807) is 24.3 Å². The highest BCUT2D eigenvalue weighted by atomic mass is 35.5. The van der Waals surface area contributed by atoms with Crippen molar-refractivity contribution in [2.75, 3.05) is 0 Å². The summed E-state index contributed by atoms with van der Waals surface area (Å²) >= 11 is 5.78. The zero-order valence-corrected chi connectivity index (χ0v) is 13.2. The van der Waals surface area contributed by atoms with Crippen LogP contribution in [-0.2, 0) is 0 Å². The van der Waals surface area contributed by atoms with Crippen LogP contribution < -0.4 is 4.52 Å². The number of fused-ring (bicyclic) bond motifs is 3. The molecule has 122 valence electrons. The zero-order chi connectivity index (χ0) is 16.1. The molecule has 0 spiro atoms. The molecule has 3 aromatic heterocycles. The van der Waals surface area contributed by atoms with E-state index in [0.717, 1.165) is 5.56 Å². The van der Waals surface area contributed by atoms with E-state index in [-0.39, 0.29) is 11.4 Å². The fourth-order valence-electron chi connectivity index (χ4n) is 2.71. The molecule has 4 aromatic rings. The maximum Gasteiger partial charge on any atom is 0.359 e. The molecular formula is C16H12ClFN4O2. The molecule has 0 aliphatic carbocycles. The molecule has 24 heavy (non-hydrogen) atoms. The van der Waals surface area contributed by atoms with Gasteiger partial charge in [0.25, 0.3) is 0 Å². The molecule has 0 atom stereocenters. The zero-order valence-electron chi connectivity index (χ0n) is 12.5. The van der Waals surface area contributed by atoms with Gasteiger partial charge in [-0.05, 0) is 31.2 Å². The maximum atomic E-state index is 14.3. The van der Waals surface area contributed by atoms with E-state index in [1.165, 1.54) is 21.5 Å². The third-order valence-corrected chi connectivity index (χ3v) is 3.96. The van der Waals surface area contributed by atoms with Crippen LogP contribution in [0.4, 0.5) is 4.39 Å². The SMILES string of the molecule is Cc1cc2cccc(F)c2[n+]2nn(-c3ccc(Cl)nc3)c(O)c12.[OH-]. The molecule has 0 aliphatic heterocycles. The van der Waals surface area contributed by atoms with Crippen molar-refractivity contribution in [1.82, 2.24) is 14.9 Å². The topological polar surface area (TPSA) is 85.0 Å². The van der Waals surface area contributed by atoms with E-state index in [0.29, 0.717) is 27.3 Å². The average Bonchev–Trinajstić information content (AvgIpc) is 2.86. The van der Waals surface area contributed by atoms with Crippen LogP contribution in [-0.4, -0.2) is 25.5 Å². The molecule has 0 aliphatic rings. The molecule has 0 saturated heterocycles. The second-order valence-electron chi connectivity index (χ2n) is 5.23. The van der Waals surface area contributed by atoms with E-state index in [1.807, 2.05) is 13.0 Å². The van der Waals surface area contributed by atoms with Gasteiger partial charge in [-0.1, -0.05) is 32.9 Å². The lowest BCUT2D eigenvalue weighted by molar-refractivity contribution is -0.557. The number of aromatic nitrogens is 4. The summed E-state index contributed by atoms with van der Waals surface area (Å²) in [6.07, 6.45) is 1.49. The van der Waals surface area contributed by atoms with Crippen molar-refractivity contribution in [1.29, 1.82) is 0 Å². The summed E-state index contributed by atoms with van der Waals surface area (Å²) in [6.45, 7) is 1.84. The standard InChI is InChI=1S/C16H10ClFN4O.H2O/c1-9-7-10-3-2-4-12(18)15(10)22-14(9)16(23)21(20-22)11-5-6-13(17)19-8-11;/h2-8H,1H3;1H2. The highest BCUT2D eigenvalue weighted by molar-refractivity contribution is 6.29. The van der Waals surface area contributed by atoms with Crippen LogP contribution >= 0.6 is 11.6 Å². The van der Waals surface area contributed by atoms with Crippen molar-refractivity contribution in [2.24, 2.45) is 0 Å². The minimum atomic E-state index is -0.406. The van der Waals surface area contributed by atoms with Gasteiger partial charge in [0.1, 0.15) is 10.4 Å². The van der Waals surface area contributed by atoms with Crippen LogP contribution in [0.25, 0.3) is 22.1 Å². The summed E-state index contributed by atoms with van der Waals surface area (Å²) in [6, 6.07) is 9.90. The smallest absolute Gasteiger partial charge is 0.359 e. The van der Waals surface area contributed by atoms with Gasteiger partial charge in [0.15, 0.2) is 17.0 Å². The summed E-state index contributed by atoms with van der Waals surface area (Å²) in [4.78, 5) is 3.98. The summed E-state index contributed by atoms with van der Waals surface area (Å²) < 4.78 is 17.0. The van der Waals surface area contributed by atoms with Crippen molar-refractivity contribution in [3.63, 3.8) is 0 Å². The lowest BCUT2D eigenvalue weighted by Crippen LogP contribution is -2.27. The van der Waals surface area contributed by atoms with Crippen molar-refractivity contribution in [3.8, 4) is 11.6 Å². The molecule has 0 saturated carbocycles. The van der Waals surface area contributed by atoms with Gasteiger partial charge in [0.05, 0.1) is 6.20 Å². The first kappa shape index (κ1) is 16.1. The molecule has 6 nitrogen and oxygen atoms in total. The largest absolute Gasteiger partial charge is 0.870 e. The molecule has 0 radical (unpaired) electrons. The van der Waals surface area contributed by atoms with Gasteiger partial charge >= 0.3 is 5.88 Å². The Morgan fingerprint density at radius 3 is 2.71 bits per heavy atom. The number of hydrogen-bond donors (Lipinski definition) is 1. The Morgan fingerprint density at radius 1 is 1.21 bits per heavy atom. The fraction of sp³-hybridized carbons (Fsp3) is 0.0625. The van der Waals surface area contributed by atoms with Gasteiger partial charge in [-0.2, -0.15) is 0 Å². The quantitative estimate of drug-likeness (QED) is 0.424. The fourth-order valence-corrected chi connectivity index (χ4v) is 2.82. The predicted octanol–water partition coefficient (Wildman–Crippen LogP) is 2.79. The molecule has 0 unspecified atom stereocenters. The Morgan fingerprint density at radius 2 is 2.00 bits per heavy atom. The Bertz CT molecular complexity index is 1060. The third-order valence-electron chi connectivity index (χ3n) is 3.73. The first-order chi connectivity index (χ1) is 11.1. The Kier molecular flexibility index (Phi) is 3.82. The monoisotopic (exact) mass is 346 g/mol. The van der Waals surface area contributed by atoms with Crippen LogP contribution in [0.1, 0.15) is 5.56 Å². The molecule has 2 N–H and O–H groups in total. The first-order valence-corrected chi connectivity index (χ1v) is 7.28. The van der Waals surface area contributed by atoms with E-state index < -0.39 is 5.82 Å². The number of aromatic hydroxyl groups is 1. The molecule has 0 amide bonds. The normalized spacial score (nSPS) is 11.0. The van der Waals surface area contributed by atoms with E-state index in [2.05, 4.69) is 10.2 Å². The maximum absolute atomic E-state index is 14.3. The lowest BCUT2D eigenvalue weighted by atomic mass is 10.1. The summed E-state index contributed by atoms with van der Waals surface area (Å²) in [5.41, 5.74) is 2.06. The number of halogens is 2. The Balaban J connectivity index is 0.00000169. The predicted molar refractivity (Wildman–Crippen MR) is 85.3 cm³/mol. The van der Waals surface area contributed by atoms with E-state index in [4.69, 9.17) is 11.6 Å². The van der Waals surface area contributed by atoms with Crippen LogP contribution in [0.5, 0.6) is 5.88 Å². The average molecular weight is 347 g/mol. The number of para-hydroxylation sites is 1. The molecule has 0 fully saturated rings. The van der Waals surface area contributed by atoms with Gasteiger partial charge in [-0.15, -0.1) is 0 Å². The van der Waals surface area contributed by atoms with Crippen molar-refractivity contribution >= 4 is 28.0 Å². The highest BCUT2D eigenvalue weighted by Crippen LogP contribution is 2.26. The molecular weight excluding hydrogens is 335 g/mol. The number of pyridine rings is 2. The summed E-state index contributed by atoms with van der Waals surface area (Å²) in [5, 5.41) is 15.9. The van der Waals surface area contributed by atoms with E-state index >= 15 is 0 Å². The number of hydrogen-bond acceptors (Lipinski definition) is 4. The number of nitrogens with zero attached hydrogens (tertiary/aromatic N) is 4. The minimum absolute atomic E-state index is 0. The highest BCUT2D eigenvalue weighted by Gasteiger charge is 2.26. The molecule has 1 aromatic carbocycles. The first-order valence-electron chi connectivity index (χ1n) is 6.90. The second kappa shape index (κ2) is 5.70. The van der Waals surface area contributed by atoms with Gasteiger partial charge in [0.2, 0.25) is 5.52 Å². The molecule has 0 bridgehead atoms. The second-order valence-corrected chi connectivity index (χ2v) is 5.62.